The lowest BCUT2D eigenvalue weighted by Crippen LogP contribution is -2.43. The molecule has 33 heavy (non-hydrogen) atoms. The van der Waals surface area contributed by atoms with E-state index in [0.717, 1.165) is 41.8 Å². The van der Waals surface area contributed by atoms with Gasteiger partial charge in [-0.3, -0.25) is 4.79 Å². The first-order valence-corrected chi connectivity index (χ1v) is 11.2. The Balaban J connectivity index is 1.70. The normalized spacial score (nSPS) is 15.8. The van der Waals surface area contributed by atoms with E-state index >= 15 is 0 Å². The maximum atomic E-state index is 12.8. The van der Waals surface area contributed by atoms with Crippen molar-refractivity contribution in [3.05, 3.63) is 90.0 Å². The smallest absolute Gasteiger partial charge is 0.337 e. The Labute approximate surface area is 193 Å². The SMILES string of the molecule is NC(=O)C(CC1CCCc2c(OC(=O)CO)cccc21)N(c1ccccc1)c1ccccc1. The van der Waals surface area contributed by atoms with Gasteiger partial charge in [0.15, 0.2) is 0 Å². The summed E-state index contributed by atoms with van der Waals surface area (Å²) in [5.41, 5.74) is 9.81. The van der Waals surface area contributed by atoms with Crippen molar-refractivity contribution in [2.75, 3.05) is 11.5 Å². The number of aliphatic hydroxyl groups excluding tert-OH is 1. The number of primary amides is 1. The molecule has 0 fully saturated rings. The minimum absolute atomic E-state index is 0.0777. The molecule has 3 aromatic carbocycles. The van der Waals surface area contributed by atoms with Gasteiger partial charge in [0.25, 0.3) is 0 Å². The zero-order valence-corrected chi connectivity index (χ0v) is 18.4. The Morgan fingerprint density at radius 1 is 0.970 bits per heavy atom. The summed E-state index contributed by atoms with van der Waals surface area (Å²) in [7, 11) is 0. The molecule has 0 spiro atoms. The van der Waals surface area contributed by atoms with Crippen molar-refractivity contribution in [2.24, 2.45) is 5.73 Å². The lowest BCUT2D eigenvalue weighted by atomic mass is 9.78. The van der Waals surface area contributed by atoms with E-state index in [-0.39, 0.29) is 5.92 Å². The molecule has 2 atom stereocenters. The van der Waals surface area contributed by atoms with Crippen molar-refractivity contribution in [2.45, 2.75) is 37.6 Å². The van der Waals surface area contributed by atoms with E-state index < -0.39 is 24.5 Å². The van der Waals surface area contributed by atoms with Gasteiger partial charge >= 0.3 is 5.97 Å². The predicted molar refractivity (Wildman–Crippen MR) is 127 cm³/mol. The summed E-state index contributed by atoms with van der Waals surface area (Å²) in [6, 6.07) is 24.6. The zero-order valence-electron chi connectivity index (χ0n) is 18.4. The van der Waals surface area contributed by atoms with E-state index in [4.69, 9.17) is 15.6 Å². The van der Waals surface area contributed by atoms with Gasteiger partial charge in [-0.05, 0) is 73.1 Å². The largest absolute Gasteiger partial charge is 0.425 e. The molecule has 0 bridgehead atoms. The number of amides is 1. The molecular formula is C27H28N2O4. The Hall–Kier alpha value is -3.64. The van der Waals surface area contributed by atoms with Gasteiger partial charge in [0.2, 0.25) is 5.91 Å². The van der Waals surface area contributed by atoms with Crippen molar-refractivity contribution in [3.8, 4) is 5.75 Å². The van der Waals surface area contributed by atoms with Gasteiger partial charge in [-0.1, -0.05) is 48.5 Å². The van der Waals surface area contributed by atoms with Gasteiger partial charge in [-0.25, -0.2) is 4.79 Å². The van der Waals surface area contributed by atoms with Crippen LogP contribution in [0.4, 0.5) is 11.4 Å². The number of hydrogen-bond acceptors (Lipinski definition) is 5. The highest BCUT2D eigenvalue weighted by atomic mass is 16.5. The highest BCUT2D eigenvalue weighted by Gasteiger charge is 2.32. The number of rotatable bonds is 8. The van der Waals surface area contributed by atoms with Crippen molar-refractivity contribution in [3.63, 3.8) is 0 Å². The fraction of sp³-hybridized carbons (Fsp3) is 0.259. The second-order valence-corrected chi connectivity index (χ2v) is 8.24. The van der Waals surface area contributed by atoms with Crippen molar-refractivity contribution in [1.29, 1.82) is 0 Å². The molecule has 0 aliphatic heterocycles. The number of para-hydroxylation sites is 2. The fourth-order valence-corrected chi connectivity index (χ4v) is 4.71. The molecule has 0 aromatic heterocycles. The van der Waals surface area contributed by atoms with Crippen molar-refractivity contribution < 1.29 is 19.4 Å². The molecule has 1 amide bonds. The first-order chi connectivity index (χ1) is 16.1. The second-order valence-electron chi connectivity index (χ2n) is 8.24. The molecule has 2 unspecified atom stereocenters. The molecule has 0 heterocycles. The highest BCUT2D eigenvalue weighted by Crippen LogP contribution is 2.41. The number of nitrogens with two attached hydrogens (primary N) is 1. The molecule has 1 aliphatic rings. The van der Waals surface area contributed by atoms with Gasteiger partial charge in [0.1, 0.15) is 18.4 Å². The van der Waals surface area contributed by atoms with Gasteiger partial charge in [-0.2, -0.15) is 0 Å². The van der Waals surface area contributed by atoms with E-state index in [9.17, 15) is 9.59 Å². The summed E-state index contributed by atoms with van der Waals surface area (Å²) in [5.74, 6) is -0.513. The molecule has 1 aliphatic carbocycles. The summed E-state index contributed by atoms with van der Waals surface area (Å²) in [5, 5.41) is 9.08. The zero-order chi connectivity index (χ0) is 23.2. The summed E-state index contributed by atoms with van der Waals surface area (Å²) in [6.45, 7) is -0.667. The van der Waals surface area contributed by atoms with Gasteiger partial charge in [0.05, 0.1) is 0 Å². The number of fused-ring (bicyclic) bond motifs is 1. The number of aliphatic hydroxyl groups is 1. The van der Waals surface area contributed by atoms with E-state index in [1.165, 1.54) is 0 Å². The predicted octanol–water partition coefficient (Wildman–Crippen LogP) is 4.09. The number of ether oxygens (including phenoxy) is 1. The average Bonchev–Trinajstić information content (AvgIpc) is 2.85. The van der Waals surface area contributed by atoms with Crippen molar-refractivity contribution >= 4 is 23.3 Å². The Kier molecular flexibility index (Phi) is 7.05. The summed E-state index contributed by atoms with van der Waals surface area (Å²) in [4.78, 5) is 26.5. The summed E-state index contributed by atoms with van der Waals surface area (Å²) < 4.78 is 5.36. The third kappa shape index (κ3) is 5.07. The van der Waals surface area contributed by atoms with E-state index in [0.29, 0.717) is 12.2 Å². The first kappa shape index (κ1) is 22.6. The third-order valence-corrected chi connectivity index (χ3v) is 6.16. The monoisotopic (exact) mass is 444 g/mol. The maximum absolute atomic E-state index is 12.8. The lowest BCUT2D eigenvalue weighted by molar-refractivity contribution is -0.137. The van der Waals surface area contributed by atoms with Crippen LogP contribution in [0.15, 0.2) is 78.9 Å². The molecule has 0 saturated carbocycles. The standard InChI is InChI=1S/C27H28N2O4/c28-27(32)24(29(20-10-3-1-4-11-20)21-12-5-2-6-13-21)17-19-9-7-15-23-22(19)14-8-16-25(23)33-26(31)18-30/h1-6,8,10-14,16,19,24,30H,7,9,15,17-18H2,(H2,28,32). The molecule has 4 rings (SSSR count). The van der Waals surface area contributed by atoms with Gasteiger partial charge in [0, 0.05) is 11.4 Å². The van der Waals surface area contributed by atoms with Crippen LogP contribution in [0, 0.1) is 0 Å². The van der Waals surface area contributed by atoms with Gasteiger partial charge < -0.3 is 20.5 Å². The third-order valence-electron chi connectivity index (χ3n) is 6.16. The number of esters is 1. The van der Waals surface area contributed by atoms with Crippen LogP contribution in [0.2, 0.25) is 0 Å². The molecule has 6 heteroatoms. The molecule has 6 nitrogen and oxygen atoms in total. The average molecular weight is 445 g/mol. The number of carbonyl (C=O) groups is 2. The van der Waals surface area contributed by atoms with Crippen LogP contribution in [-0.4, -0.2) is 29.6 Å². The Morgan fingerprint density at radius 2 is 1.61 bits per heavy atom. The Bertz CT molecular complexity index is 1060. The quantitative estimate of drug-likeness (QED) is 0.403. The maximum Gasteiger partial charge on any atom is 0.337 e. The lowest BCUT2D eigenvalue weighted by Gasteiger charge is -2.36. The molecule has 3 aromatic rings. The Morgan fingerprint density at radius 3 is 2.18 bits per heavy atom. The van der Waals surface area contributed by atoms with Crippen LogP contribution in [0.1, 0.15) is 36.3 Å². The van der Waals surface area contributed by atoms with Crippen LogP contribution in [-0.2, 0) is 16.0 Å². The van der Waals surface area contributed by atoms with Crippen molar-refractivity contribution in [1.82, 2.24) is 0 Å². The number of hydrogen-bond donors (Lipinski definition) is 2. The van der Waals surface area contributed by atoms with E-state index in [1.807, 2.05) is 77.7 Å². The number of benzene rings is 3. The van der Waals surface area contributed by atoms with Crippen LogP contribution < -0.4 is 15.4 Å². The topological polar surface area (TPSA) is 92.9 Å². The summed E-state index contributed by atoms with van der Waals surface area (Å²) in [6.07, 6.45) is 3.13. The molecule has 0 saturated heterocycles. The number of nitrogens with zero attached hydrogens (tertiary/aromatic N) is 1. The molecule has 3 N–H and O–H groups in total. The minimum Gasteiger partial charge on any atom is -0.425 e. The molecular weight excluding hydrogens is 416 g/mol. The second kappa shape index (κ2) is 10.3. The van der Waals surface area contributed by atoms with E-state index in [1.54, 1.807) is 6.07 Å². The molecule has 170 valence electrons. The van der Waals surface area contributed by atoms with Crippen LogP contribution in [0.25, 0.3) is 0 Å². The minimum atomic E-state index is -0.681. The first-order valence-electron chi connectivity index (χ1n) is 11.2. The summed E-state index contributed by atoms with van der Waals surface area (Å²) >= 11 is 0. The highest BCUT2D eigenvalue weighted by molar-refractivity contribution is 5.87. The number of anilines is 2. The van der Waals surface area contributed by atoms with Crippen LogP contribution in [0.3, 0.4) is 0 Å². The van der Waals surface area contributed by atoms with E-state index in [2.05, 4.69) is 0 Å². The molecule has 0 radical (unpaired) electrons. The van der Waals surface area contributed by atoms with Gasteiger partial charge in [-0.15, -0.1) is 0 Å². The van der Waals surface area contributed by atoms with Crippen LogP contribution in [0.5, 0.6) is 5.75 Å². The fourth-order valence-electron chi connectivity index (χ4n) is 4.71. The number of carbonyl (C=O) groups excluding carboxylic acids is 2. The van der Waals surface area contributed by atoms with Crippen LogP contribution >= 0.6 is 0 Å².